The molecule has 2 aliphatic rings. The van der Waals surface area contributed by atoms with Crippen LogP contribution in [-0.4, -0.2) is 24.3 Å². The van der Waals surface area contributed by atoms with Gasteiger partial charge in [0.25, 0.3) is 0 Å². The Hall–Kier alpha value is -0.0800. The van der Waals surface area contributed by atoms with Gasteiger partial charge in [-0.05, 0) is 57.3 Å². The van der Waals surface area contributed by atoms with E-state index in [4.69, 9.17) is 4.74 Å². The van der Waals surface area contributed by atoms with Crippen LogP contribution in [0.25, 0.3) is 0 Å². The van der Waals surface area contributed by atoms with Gasteiger partial charge in [-0.3, -0.25) is 0 Å². The summed E-state index contributed by atoms with van der Waals surface area (Å²) in [5.41, 5.74) is 0.112. The SMILES string of the molecule is CCC1(C)CC(NC2CCC(C)CC2C)CCO1. The predicted molar refractivity (Wildman–Crippen MR) is 76.8 cm³/mol. The number of nitrogens with one attached hydrogen (secondary N) is 1. The van der Waals surface area contributed by atoms with Gasteiger partial charge in [0.15, 0.2) is 0 Å². The highest BCUT2D eigenvalue weighted by molar-refractivity contribution is 4.90. The molecule has 1 aliphatic carbocycles. The van der Waals surface area contributed by atoms with Crippen LogP contribution in [0.1, 0.15) is 66.2 Å². The van der Waals surface area contributed by atoms with Crippen LogP contribution in [0.3, 0.4) is 0 Å². The molecule has 1 heterocycles. The van der Waals surface area contributed by atoms with E-state index in [9.17, 15) is 0 Å². The van der Waals surface area contributed by atoms with E-state index in [-0.39, 0.29) is 5.60 Å². The van der Waals surface area contributed by atoms with Gasteiger partial charge in [0, 0.05) is 18.7 Å². The zero-order valence-electron chi connectivity index (χ0n) is 12.7. The molecular weight excluding hydrogens is 222 g/mol. The molecule has 0 bridgehead atoms. The van der Waals surface area contributed by atoms with Gasteiger partial charge in [-0.25, -0.2) is 0 Å². The third kappa shape index (κ3) is 3.48. The van der Waals surface area contributed by atoms with E-state index < -0.39 is 0 Å². The van der Waals surface area contributed by atoms with E-state index in [0.29, 0.717) is 6.04 Å². The smallest absolute Gasteiger partial charge is 0.0666 e. The maximum Gasteiger partial charge on any atom is 0.0666 e. The van der Waals surface area contributed by atoms with Gasteiger partial charge in [0.05, 0.1) is 5.60 Å². The van der Waals surface area contributed by atoms with Crippen LogP contribution < -0.4 is 5.32 Å². The summed E-state index contributed by atoms with van der Waals surface area (Å²) >= 11 is 0. The molecule has 18 heavy (non-hydrogen) atoms. The molecule has 1 saturated carbocycles. The zero-order valence-corrected chi connectivity index (χ0v) is 12.7. The Morgan fingerprint density at radius 1 is 1.22 bits per heavy atom. The first-order valence-corrected chi connectivity index (χ1v) is 7.92. The fourth-order valence-electron chi connectivity index (χ4n) is 3.73. The molecular formula is C16H31NO. The van der Waals surface area contributed by atoms with E-state index in [2.05, 4.69) is 33.0 Å². The summed E-state index contributed by atoms with van der Waals surface area (Å²) in [6.07, 6.45) is 7.66. The Morgan fingerprint density at radius 2 is 2.00 bits per heavy atom. The lowest BCUT2D eigenvalue weighted by atomic mass is 9.79. The van der Waals surface area contributed by atoms with Crippen LogP contribution >= 0.6 is 0 Å². The minimum Gasteiger partial charge on any atom is -0.375 e. The van der Waals surface area contributed by atoms with Crippen molar-refractivity contribution in [2.24, 2.45) is 11.8 Å². The van der Waals surface area contributed by atoms with Crippen molar-refractivity contribution in [3.8, 4) is 0 Å². The Morgan fingerprint density at radius 3 is 2.67 bits per heavy atom. The molecule has 2 rings (SSSR count). The van der Waals surface area contributed by atoms with Crippen LogP contribution in [0.5, 0.6) is 0 Å². The second-order valence-corrected chi connectivity index (χ2v) is 7.01. The lowest BCUT2D eigenvalue weighted by molar-refractivity contribution is -0.0803. The molecule has 5 atom stereocenters. The first-order chi connectivity index (χ1) is 8.52. The first-order valence-electron chi connectivity index (χ1n) is 7.92. The summed E-state index contributed by atoms with van der Waals surface area (Å²) in [6, 6.07) is 1.41. The molecule has 5 unspecified atom stereocenters. The molecule has 1 saturated heterocycles. The highest BCUT2D eigenvalue weighted by atomic mass is 16.5. The number of hydrogen-bond donors (Lipinski definition) is 1. The largest absolute Gasteiger partial charge is 0.375 e. The normalized spacial score (nSPS) is 46.0. The van der Waals surface area contributed by atoms with Crippen molar-refractivity contribution < 1.29 is 4.74 Å². The molecule has 0 spiro atoms. The molecule has 1 aliphatic heterocycles. The highest BCUT2D eigenvalue weighted by Gasteiger charge is 2.34. The lowest BCUT2D eigenvalue weighted by Crippen LogP contribution is -2.50. The standard InChI is InChI=1S/C16H31NO/c1-5-16(4)11-14(8-9-18-16)17-15-7-6-12(2)10-13(15)3/h12-15,17H,5-11H2,1-4H3. The van der Waals surface area contributed by atoms with Crippen LogP contribution in [-0.2, 0) is 4.74 Å². The van der Waals surface area contributed by atoms with Crippen molar-refractivity contribution in [1.29, 1.82) is 0 Å². The average Bonchev–Trinajstić information content (AvgIpc) is 2.33. The van der Waals surface area contributed by atoms with Crippen molar-refractivity contribution in [2.45, 2.75) is 83.9 Å². The molecule has 0 radical (unpaired) electrons. The van der Waals surface area contributed by atoms with Crippen molar-refractivity contribution in [1.82, 2.24) is 5.32 Å². The summed E-state index contributed by atoms with van der Waals surface area (Å²) in [4.78, 5) is 0. The lowest BCUT2D eigenvalue weighted by Gasteiger charge is -2.42. The number of ether oxygens (including phenoxy) is 1. The van der Waals surface area contributed by atoms with Crippen molar-refractivity contribution in [3.05, 3.63) is 0 Å². The summed E-state index contributed by atoms with van der Waals surface area (Å²) in [6.45, 7) is 10.3. The number of rotatable bonds is 3. The van der Waals surface area contributed by atoms with Gasteiger partial charge in [-0.15, -0.1) is 0 Å². The third-order valence-electron chi connectivity index (χ3n) is 5.22. The van der Waals surface area contributed by atoms with Gasteiger partial charge >= 0.3 is 0 Å². The zero-order chi connectivity index (χ0) is 13.2. The molecule has 2 heteroatoms. The summed E-state index contributed by atoms with van der Waals surface area (Å²) in [7, 11) is 0. The van der Waals surface area contributed by atoms with E-state index >= 15 is 0 Å². The van der Waals surface area contributed by atoms with Crippen molar-refractivity contribution >= 4 is 0 Å². The van der Waals surface area contributed by atoms with Gasteiger partial charge in [-0.2, -0.15) is 0 Å². The quantitative estimate of drug-likeness (QED) is 0.827. The second kappa shape index (κ2) is 5.92. The molecule has 0 aromatic rings. The molecule has 0 amide bonds. The predicted octanol–water partition coefficient (Wildman–Crippen LogP) is 3.75. The molecule has 0 aromatic carbocycles. The molecule has 2 nitrogen and oxygen atoms in total. The topological polar surface area (TPSA) is 21.3 Å². The second-order valence-electron chi connectivity index (χ2n) is 7.01. The fourth-order valence-corrected chi connectivity index (χ4v) is 3.73. The molecule has 1 N–H and O–H groups in total. The highest BCUT2D eigenvalue weighted by Crippen LogP contribution is 2.32. The minimum atomic E-state index is 0.112. The van der Waals surface area contributed by atoms with Crippen LogP contribution in [0.2, 0.25) is 0 Å². The van der Waals surface area contributed by atoms with E-state index in [1.165, 1.54) is 32.1 Å². The van der Waals surface area contributed by atoms with Gasteiger partial charge in [-0.1, -0.05) is 20.8 Å². The average molecular weight is 253 g/mol. The van der Waals surface area contributed by atoms with E-state index in [1.54, 1.807) is 0 Å². The maximum atomic E-state index is 5.94. The first kappa shape index (κ1) is 14.3. The summed E-state index contributed by atoms with van der Waals surface area (Å²) in [5, 5.41) is 3.94. The van der Waals surface area contributed by atoms with Crippen molar-refractivity contribution in [3.63, 3.8) is 0 Å². The number of hydrogen-bond acceptors (Lipinski definition) is 2. The van der Waals surface area contributed by atoms with E-state index in [1.807, 2.05) is 0 Å². The van der Waals surface area contributed by atoms with Gasteiger partial charge in [0.2, 0.25) is 0 Å². The molecule has 0 aromatic heterocycles. The fraction of sp³-hybridized carbons (Fsp3) is 1.00. The third-order valence-corrected chi connectivity index (χ3v) is 5.22. The Labute approximate surface area is 113 Å². The van der Waals surface area contributed by atoms with Gasteiger partial charge < -0.3 is 10.1 Å². The summed E-state index contributed by atoms with van der Waals surface area (Å²) in [5.74, 6) is 1.76. The van der Waals surface area contributed by atoms with Crippen LogP contribution in [0.15, 0.2) is 0 Å². The van der Waals surface area contributed by atoms with Gasteiger partial charge in [0.1, 0.15) is 0 Å². The Bertz CT molecular complexity index is 268. The molecule has 2 fully saturated rings. The molecule has 106 valence electrons. The monoisotopic (exact) mass is 253 g/mol. The van der Waals surface area contributed by atoms with Crippen molar-refractivity contribution in [2.75, 3.05) is 6.61 Å². The Kier molecular flexibility index (Phi) is 4.71. The van der Waals surface area contributed by atoms with E-state index in [0.717, 1.165) is 30.9 Å². The van der Waals surface area contributed by atoms with Crippen LogP contribution in [0.4, 0.5) is 0 Å². The van der Waals surface area contributed by atoms with Crippen LogP contribution in [0, 0.1) is 11.8 Å². The maximum absolute atomic E-state index is 5.94. The summed E-state index contributed by atoms with van der Waals surface area (Å²) < 4.78 is 5.94. The minimum absolute atomic E-state index is 0.112. The Balaban J connectivity index is 1.85.